The fourth-order valence-corrected chi connectivity index (χ4v) is 3.89. The van der Waals surface area contributed by atoms with Crippen LogP contribution in [0.1, 0.15) is 60.8 Å². The molecule has 0 saturated carbocycles. The molecular formula is C20H12N4O4. The Morgan fingerprint density at radius 1 is 0.893 bits per heavy atom. The summed E-state index contributed by atoms with van der Waals surface area (Å²) in [7, 11) is 0. The second-order valence-corrected chi connectivity index (χ2v) is 6.35. The SMILES string of the molecule is [C-]#[N+]c1cc2c3c(c(C#N)cc4c3c1C(=O)N(CC)C4=O)C(=O)N(CC)C2=O. The molecule has 2 aliphatic heterocycles. The molecule has 8 nitrogen and oxygen atoms in total. The van der Waals surface area contributed by atoms with Crippen molar-refractivity contribution in [3.63, 3.8) is 0 Å². The molecule has 4 amide bonds. The second kappa shape index (κ2) is 5.73. The van der Waals surface area contributed by atoms with Gasteiger partial charge in [-0.1, -0.05) is 0 Å². The van der Waals surface area contributed by atoms with E-state index in [9.17, 15) is 24.4 Å². The van der Waals surface area contributed by atoms with Crippen LogP contribution >= 0.6 is 0 Å². The fraction of sp³-hybridized carbons (Fsp3) is 0.200. The van der Waals surface area contributed by atoms with Crippen LogP contribution in [0.5, 0.6) is 0 Å². The minimum Gasteiger partial charge on any atom is -0.276 e. The van der Waals surface area contributed by atoms with E-state index < -0.39 is 23.6 Å². The van der Waals surface area contributed by atoms with E-state index in [0.717, 1.165) is 9.80 Å². The van der Waals surface area contributed by atoms with E-state index in [1.54, 1.807) is 13.8 Å². The normalized spacial score (nSPS) is 15.1. The number of hydrogen-bond donors (Lipinski definition) is 0. The van der Waals surface area contributed by atoms with Crippen LogP contribution in [0.2, 0.25) is 0 Å². The van der Waals surface area contributed by atoms with Crippen molar-refractivity contribution in [3.8, 4) is 6.07 Å². The molecule has 2 aromatic rings. The molecule has 0 atom stereocenters. The average Bonchev–Trinajstić information content (AvgIpc) is 2.70. The Morgan fingerprint density at radius 2 is 1.39 bits per heavy atom. The van der Waals surface area contributed by atoms with Crippen LogP contribution in [0, 0.1) is 17.9 Å². The number of benzene rings is 2. The number of carbonyl (C=O) groups is 4. The average molecular weight is 372 g/mol. The molecule has 2 aliphatic rings. The van der Waals surface area contributed by atoms with E-state index in [0.29, 0.717) is 0 Å². The number of nitriles is 1. The Labute approximate surface area is 159 Å². The van der Waals surface area contributed by atoms with Gasteiger partial charge in [0.1, 0.15) is 6.07 Å². The lowest BCUT2D eigenvalue weighted by atomic mass is 9.83. The number of amides is 4. The van der Waals surface area contributed by atoms with Crippen LogP contribution in [0.3, 0.4) is 0 Å². The van der Waals surface area contributed by atoms with Crippen LogP contribution in [-0.4, -0.2) is 46.5 Å². The molecule has 0 fully saturated rings. The van der Waals surface area contributed by atoms with Gasteiger partial charge in [0.15, 0.2) is 0 Å². The van der Waals surface area contributed by atoms with Gasteiger partial charge in [-0.3, -0.25) is 29.0 Å². The van der Waals surface area contributed by atoms with E-state index in [1.807, 2.05) is 6.07 Å². The van der Waals surface area contributed by atoms with Crippen molar-refractivity contribution < 1.29 is 19.2 Å². The molecule has 2 heterocycles. The number of rotatable bonds is 2. The minimum absolute atomic E-state index is 0.0125. The van der Waals surface area contributed by atoms with Crippen LogP contribution in [0.25, 0.3) is 15.6 Å². The molecular weight excluding hydrogens is 360 g/mol. The molecule has 136 valence electrons. The molecule has 0 spiro atoms. The molecule has 0 aliphatic carbocycles. The zero-order chi connectivity index (χ0) is 20.3. The van der Waals surface area contributed by atoms with E-state index >= 15 is 0 Å². The van der Waals surface area contributed by atoms with Crippen molar-refractivity contribution in [1.29, 1.82) is 5.26 Å². The van der Waals surface area contributed by atoms with Crippen molar-refractivity contribution in [2.45, 2.75) is 13.8 Å². The summed E-state index contributed by atoms with van der Waals surface area (Å²) in [5.74, 6) is -2.53. The highest BCUT2D eigenvalue weighted by molar-refractivity contribution is 6.35. The lowest BCUT2D eigenvalue weighted by Gasteiger charge is -2.32. The molecule has 0 N–H and O–H groups in total. The van der Waals surface area contributed by atoms with Crippen molar-refractivity contribution in [1.82, 2.24) is 9.80 Å². The molecule has 2 aromatic carbocycles. The first kappa shape index (κ1) is 17.4. The monoisotopic (exact) mass is 372 g/mol. The highest BCUT2D eigenvalue weighted by Gasteiger charge is 2.41. The van der Waals surface area contributed by atoms with Gasteiger partial charge in [-0.15, -0.1) is 0 Å². The fourth-order valence-electron chi connectivity index (χ4n) is 3.89. The summed E-state index contributed by atoms with van der Waals surface area (Å²) in [6.07, 6.45) is 0. The van der Waals surface area contributed by atoms with Crippen LogP contribution in [0.15, 0.2) is 12.1 Å². The van der Waals surface area contributed by atoms with E-state index in [1.165, 1.54) is 12.1 Å². The minimum atomic E-state index is -0.651. The van der Waals surface area contributed by atoms with Gasteiger partial charge in [0.05, 0.1) is 23.3 Å². The van der Waals surface area contributed by atoms with Gasteiger partial charge in [0, 0.05) is 29.6 Å². The summed E-state index contributed by atoms with van der Waals surface area (Å²) in [4.78, 5) is 56.9. The van der Waals surface area contributed by atoms with E-state index in [4.69, 9.17) is 6.57 Å². The topological polar surface area (TPSA) is 103 Å². The summed E-state index contributed by atoms with van der Waals surface area (Å²) in [6, 6.07) is 4.48. The zero-order valence-electron chi connectivity index (χ0n) is 15.0. The van der Waals surface area contributed by atoms with Gasteiger partial charge in [0.2, 0.25) is 5.69 Å². The van der Waals surface area contributed by atoms with E-state index in [-0.39, 0.29) is 57.4 Å². The second-order valence-electron chi connectivity index (χ2n) is 6.35. The predicted octanol–water partition coefficient (Wildman–Crippen LogP) is 2.49. The highest BCUT2D eigenvalue weighted by atomic mass is 16.2. The largest absolute Gasteiger partial charge is 0.276 e. The molecule has 4 rings (SSSR count). The molecule has 0 saturated heterocycles. The van der Waals surface area contributed by atoms with Gasteiger partial charge < -0.3 is 0 Å². The number of carbonyl (C=O) groups excluding carboxylic acids is 4. The smallest absolute Gasteiger partial charge is 0.262 e. The first-order chi connectivity index (χ1) is 13.4. The molecule has 0 bridgehead atoms. The lowest BCUT2D eigenvalue weighted by molar-refractivity contribution is 0.0598. The Morgan fingerprint density at radius 3 is 1.89 bits per heavy atom. The van der Waals surface area contributed by atoms with Crippen molar-refractivity contribution >= 4 is 40.1 Å². The number of imide groups is 2. The maximum atomic E-state index is 12.9. The first-order valence-electron chi connectivity index (χ1n) is 8.58. The summed E-state index contributed by atoms with van der Waals surface area (Å²) < 4.78 is 0. The molecule has 0 aromatic heterocycles. The third kappa shape index (κ3) is 1.86. The maximum absolute atomic E-state index is 12.9. The summed E-state index contributed by atoms with van der Waals surface area (Å²) in [5.41, 5.74) is -0.0364. The highest BCUT2D eigenvalue weighted by Crippen LogP contribution is 2.43. The third-order valence-electron chi connectivity index (χ3n) is 5.13. The van der Waals surface area contributed by atoms with Crippen LogP contribution in [-0.2, 0) is 0 Å². The zero-order valence-corrected chi connectivity index (χ0v) is 15.0. The summed E-state index contributed by atoms with van der Waals surface area (Å²) in [6.45, 7) is 10.9. The van der Waals surface area contributed by atoms with E-state index in [2.05, 4.69) is 4.85 Å². The van der Waals surface area contributed by atoms with Crippen molar-refractivity contribution in [2.75, 3.05) is 13.1 Å². The standard InChI is InChI=1S/C20H12N4O4/c1-4-23-18(26)11-7-12(22-3)16-15-10(17(25)24(5-2)20(16)28)6-9(8-21)13(14(11)15)19(23)27/h6-7H,4-5H2,1-2H3. The Kier molecular flexibility index (Phi) is 3.56. The number of hydrogen-bond acceptors (Lipinski definition) is 5. The van der Waals surface area contributed by atoms with Crippen LogP contribution in [0.4, 0.5) is 5.69 Å². The maximum Gasteiger partial charge on any atom is 0.262 e. The Hall–Kier alpha value is -4.04. The van der Waals surface area contributed by atoms with Gasteiger partial charge in [-0.2, -0.15) is 5.26 Å². The summed E-state index contributed by atoms with van der Waals surface area (Å²) >= 11 is 0. The third-order valence-corrected chi connectivity index (χ3v) is 5.13. The van der Waals surface area contributed by atoms with Crippen molar-refractivity contribution in [2.24, 2.45) is 0 Å². The predicted molar refractivity (Wildman–Crippen MR) is 97.0 cm³/mol. The first-order valence-corrected chi connectivity index (χ1v) is 8.58. The molecule has 0 radical (unpaired) electrons. The Balaban J connectivity index is 2.31. The van der Waals surface area contributed by atoms with Gasteiger partial charge in [0.25, 0.3) is 23.6 Å². The van der Waals surface area contributed by atoms with Gasteiger partial charge in [-0.25, -0.2) is 4.85 Å². The quantitative estimate of drug-likeness (QED) is 0.595. The summed E-state index contributed by atoms with van der Waals surface area (Å²) in [5, 5.41) is 9.80. The molecule has 28 heavy (non-hydrogen) atoms. The van der Waals surface area contributed by atoms with Gasteiger partial charge in [-0.05, 0) is 31.4 Å². The Bertz CT molecular complexity index is 1150. The molecule has 8 heteroatoms. The van der Waals surface area contributed by atoms with Crippen molar-refractivity contribution in [3.05, 3.63) is 51.4 Å². The molecule has 0 unspecified atom stereocenters. The lowest BCUT2D eigenvalue weighted by Crippen LogP contribution is -2.43. The van der Waals surface area contributed by atoms with Gasteiger partial charge >= 0.3 is 0 Å². The number of nitrogens with zero attached hydrogens (tertiary/aromatic N) is 4. The van der Waals surface area contributed by atoms with Crippen LogP contribution < -0.4 is 0 Å².